The van der Waals surface area contributed by atoms with Crippen LogP contribution in [0.3, 0.4) is 0 Å². The number of hydrogen-bond donors (Lipinski definition) is 2. The highest BCUT2D eigenvalue weighted by molar-refractivity contribution is 7.90. The summed E-state index contributed by atoms with van der Waals surface area (Å²) in [6.45, 7) is 0. The highest BCUT2D eigenvalue weighted by Gasteiger charge is 2.25. The molecule has 3 rings (SSSR count). The normalized spacial score (nSPS) is 11.3. The summed E-state index contributed by atoms with van der Waals surface area (Å²) in [5.74, 6) is -2.01. The summed E-state index contributed by atoms with van der Waals surface area (Å²) in [5, 5.41) is 19.2. The molecule has 2 N–H and O–H groups in total. The van der Waals surface area contributed by atoms with E-state index < -0.39 is 21.6 Å². The summed E-state index contributed by atoms with van der Waals surface area (Å²) in [6.07, 6.45) is 2.88. The van der Waals surface area contributed by atoms with Crippen molar-refractivity contribution in [1.82, 2.24) is 0 Å². The van der Waals surface area contributed by atoms with Crippen molar-refractivity contribution in [2.45, 2.75) is 10.6 Å². The van der Waals surface area contributed by atoms with Gasteiger partial charge in [0.05, 0.1) is 30.3 Å². The van der Waals surface area contributed by atoms with E-state index in [9.17, 15) is 23.4 Å². The van der Waals surface area contributed by atoms with Crippen molar-refractivity contribution in [2.75, 3.05) is 7.11 Å². The first-order valence-corrected chi connectivity index (χ1v) is 9.46. The predicted molar refractivity (Wildman–Crippen MR) is 96.7 cm³/mol. The first-order chi connectivity index (χ1) is 12.8. The van der Waals surface area contributed by atoms with Gasteiger partial charge in [0.15, 0.2) is 9.84 Å². The summed E-state index contributed by atoms with van der Waals surface area (Å²) < 4.78 is 35.7. The number of ether oxygens (including phenoxy) is 1. The Bertz CT molecular complexity index is 1080. The molecule has 3 aromatic rings. The minimum absolute atomic E-state index is 0.0486. The SMILES string of the molecule is COc1c(-c2ccoc2)ccc(CS(=O)(=O)c2cccc(O)c2)c1C(=O)O. The van der Waals surface area contributed by atoms with E-state index in [1.165, 1.54) is 43.9 Å². The van der Waals surface area contributed by atoms with Crippen LogP contribution in [0, 0.1) is 0 Å². The van der Waals surface area contributed by atoms with E-state index >= 15 is 0 Å². The molecule has 0 saturated carbocycles. The second-order valence-corrected chi connectivity index (χ2v) is 7.74. The van der Waals surface area contributed by atoms with Gasteiger partial charge < -0.3 is 19.4 Å². The number of furan rings is 1. The monoisotopic (exact) mass is 388 g/mol. The van der Waals surface area contributed by atoms with Gasteiger partial charge in [0.25, 0.3) is 0 Å². The molecule has 140 valence electrons. The number of benzene rings is 2. The number of phenols is 1. The second-order valence-electron chi connectivity index (χ2n) is 5.75. The van der Waals surface area contributed by atoms with E-state index in [4.69, 9.17) is 9.15 Å². The van der Waals surface area contributed by atoms with Crippen LogP contribution in [0.2, 0.25) is 0 Å². The largest absolute Gasteiger partial charge is 0.508 e. The third-order valence-electron chi connectivity index (χ3n) is 4.02. The van der Waals surface area contributed by atoms with Crippen LogP contribution in [-0.4, -0.2) is 31.7 Å². The van der Waals surface area contributed by atoms with Crippen LogP contribution >= 0.6 is 0 Å². The molecule has 1 heterocycles. The van der Waals surface area contributed by atoms with E-state index in [2.05, 4.69) is 0 Å². The molecule has 0 radical (unpaired) electrons. The fourth-order valence-electron chi connectivity index (χ4n) is 2.80. The third-order valence-corrected chi connectivity index (χ3v) is 5.68. The summed E-state index contributed by atoms with van der Waals surface area (Å²) in [6, 6.07) is 9.89. The Labute approximate surface area is 155 Å². The topological polar surface area (TPSA) is 114 Å². The van der Waals surface area contributed by atoms with Crippen LogP contribution in [0.4, 0.5) is 0 Å². The molecule has 0 fully saturated rings. The van der Waals surface area contributed by atoms with Crippen LogP contribution in [0.5, 0.6) is 11.5 Å². The Morgan fingerprint density at radius 1 is 1.19 bits per heavy atom. The number of carboxylic acids is 1. The second kappa shape index (κ2) is 7.16. The number of sulfone groups is 1. The number of aromatic hydroxyl groups is 1. The number of rotatable bonds is 6. The minimum atomic E-state index is -3.88. The molecule has 27 heavy (non-hydrogen) atoms. The van der Waals surface area contributed by atoms with Crippen molar-refractivity contribution in [3.8, 4) is 22.6 Å². The molecule has 8 heteroatoms. The quantitative estimate of drug-likeness (QED) is 0.666. The molecule has 0 atom stereocenters. The van der Waals surface area contributed by atoms with Crippen LogP contribution in [-0.2, 0) is 15.6 Å². The Kier molecular flexibility index (Phi) is 4.91. The lowest BCUT2D eigenvalue weighted by Gasteiger charge is -2.15. The standard InChI is InChI=1S/C19H16O7S/c1-25-18-16(12-7-8-26-10-12)6-5-13(17(18)19(21)22)11-27(23,24)15-4-2-3-14(20)9-15/h2-10,20H,11H2,1H3,(H,21,22). The zero-order valence-corrected chi connectivity index (χ0v) is 15.1. The maximum absolute atomic E-state index is 12.7. The van der Waals surface area contributed by atoms with E-state index in [1.807, 2.05) is 0 Å². The Hall–Kier alpha value is -3.26. The van der Waals surface area contributed by atoms with Crippen LogP contribution in [0.1, 0.15) is 15.9 Å². The van der Waals surface area contributed by atoms with Crippen LogP contribution in [0.25, 0.3) is 11.1 Å². The molecule has 0 aliphatic rings. The smallest absolute Gasteiger partial charge is 0.339 e. The van der Waals surface area contributed by atoms with Gasteiger partial charge in [-0.2, -0.15) is 0 Å². The van der Waals surface area contributed by atoms with Crippen molar-refractivity contribution in [2.24, 2.45) is 0 Å². The fourth-order valence-corrected chi connectivity index (χ4v) is 4.20. The molecule has 7 nitrogen and oxygen atoms in total. The number of methoxy groups -OCH3 is 1. The first-order valence-electron chi connectivity index (χ1n) is 7.81. The van der Waals surface area contributed by atoms with Gasteiger partial charge in [-0.1, -0.05) is 18.2 Å². The predicted octanol–water partition coefficient (Wildman–Crippen LogP) is 3.33. The van der Waals surface area contributed by atoms with E-state index in [0.717, 1.165) is 6.07 Å². The Morgan fingerprint density at radius 3 is 2.56 bits per heavy atom. The zero-order valence-electron chi connectivity index (χ0n) is 14.2. The molecule has 0 aliphatic carbocycles. The zero-order chi connectivity index (χ0) is 19.6. The van der Waals surface area contributed by atoms with Gasteiger partial charge in [-0.05, 0) is 29.8 Å². The van der Waals surface area contributed by atoms with E-state index in [-0.39, 0.29) is 27.5 Å². The summed E-state index contributed by atoms with van der Waals surface area (Å²) >= 11 is 0. The van der Waals surface area contributed by atoms with Crippen molar-refractivity contribution < 1.29 is 32.6 Å². The molecular formula is C19H16O7S. The van der Waals surface area contributed by atoms with Gasteiger partial charge in [-0.3, -0.25) is 0 Å². The third kappa shape index (κ3) is 3.65. The van der Waals surface area contributed by atoms with Gasteiger partial charge >= 0.3 is 5.97 Å². The Balaban J connectivity index is 2.12. The summed E-state index contributed by atoms with van der Waals surface area (Å²) in [7, 11) is -2.56. The van der Waals surface area contributed by atoms with Crippen molar-refractivity contribution >= 4 is 15.8 Å². The number of carbonyl (C=O) groups is 1. The molecule has 2 aromatic carbocycles. The highest BCUT2D eigenvalue weighted by atomic mass is 32.2. The summed E-state index contributed by atoms with van der Waals surface area (Å²) in [5.41, 5.74) is 0.925. The summed E-state index contributed by atoms with van der Waals surface area (Å²) in [4.78, 5) is 11.8. The van der Waals surface area contributed by atoms with Crippen molar-refractivity contribution in [3.63, 3.8) is 0 Å². The molecule has 0 amide bonds. The number of hydrogen-bond acceptors (Lipinski definition) is 6. The van der Waals surface area contributed by atoms with Crippen LogP contribution < -0.4 is 4.74 Å². The van der Waals surface area contributed by atoms with Crippen molar-refractivity contribution in [1.29, 1.82) is 0 Å². The fraction of sp³-hybridized carbons (Fsp3) is 0.105. The number of aromatic carboxylic acids is 1. The molecule has 1 aromatic heterocycles. The number of carboxylic acid groups (broad SMARTS) is 1. The van der Waals surface area contributed by atoms with E-state index in [1.54, 1.807) is 12.1 Å². The average Bonchev–Trinajstić information content (AvgIpc) is 3.15. The number of phenolic OH excluding ortho intramolecular Hbond substituents is 1. The van der Waals surface area contributed by atoms with Crippen LogP contribution in [0.15, 0.2) is 64.3 Å². The molecule has 0 aliphatic heterocycles. The molecule has 0 bridgehead atoms. The van der Waals surface area contributed by atoms with E-state index in [0.29, 0.717) is 11.1 Å². The minimum Gasteiger partial charge on any atom is -0.508 e. The molecule has 0 saturated heterocycles. The lowest BCUT2D eigenvalue weighted by molar-refractivity contribution is 0.0692. The van der Waals surface area contributed by atoms with Gasteiger partial charge in [0.2, 0.25) is 0 Å². The maximum Gasteiger partial charge on any atom is 0.339 e. The Morgan fingerprint density at radius 2 is 1.96 bits per heavy atom. The maximum atomic E-state index is 12.7. The molecular weight excluding hydrogens is 372 g/mol. The first kappa shape index (κ1) is 18.5. The van der Waals surface area contributed by atoms with Gasteiger partial charge in [-0.25, -0.2) is 13.2 Å². The highest BCUT2D eigenvalue weighted by Crippen LogP contribution is 2.36. The van der Waals surface area contributed by atoms with Gasteiger partial charge in [-0.15, -0.1) is 0 Å². The van der Waals surface area contributed by atoms with Gasteiger partial charge in [0, 0.05) is 11.1 Å². The van der Waals surface area contributed by atoms with Crippen molar-refractivity contribution in [3.05, 3.63) is 66.1 Å². The molecule has 0 unspecified atom stereocenters. The lowest BCUT2D eigenvalue weighted by Crippen LogP contribution is -2.12. The average molecular weight is 388 g/mol. The van der Waals surface area contributed by atoms with Gasteiger partial charge in [0.1, 0.15) is 17.1 Å². The lowest BCUT2D eigenvalue weighted by atomic mass is 9.99. The molecule has 0 spiro atoms.